The van der Waals surface area contributed by atoms with Crippen molar-refractivity contribution in [3.05, 3.63) is 0 Å². The van der Waals surface area contributed by atoms with Gasteiger partial charge in [-0.2, -0.15) is 0 Å². The van der Waals surface area contributed by atoms with Gasteiger partial charge in [-0.05, 0) is 6.92 Å². The molecule has 0 spiro atoms. The molecule has 9 aliphatic heterocycles. The number of rotatable bonds is 27. The van der Waals surface area contributed by atoms with Crippen molar-refractivity contribution in [1.82, 2.24) is 16.0 Å². The van der Waals surface area contributed by atoms with Crippen LogP contribution in [0.1, 0.15) is 27.7 Å². The number of hydrogen-bond acceptors (Lipinski definition) is 45. The lowest BCUT2D eigenvalue weighted by molar-refractivity contribution is -0.393. The van der Waals surface area contributed by atoms with Crippen LogP contribution in [0.4, 0.5) is 0 Å². The van der Waals surface area contributed by atoms with E-state index in [0.29, 0.717) is 0 Å². The number of aliphatic hydroxyl groups is 25. The van der Waals surface area contributed by atoms with Gasteiger partial charge in [-0.3, -0.25) is 14.4 Å². The summed E-state index contributed by atoms with van der Waals surface area (Å²) < 4.78 is 100. The number of nitrogens with one attached hydrogen (secondary N) is 3. The first-order chi connectivity index (χ1) is 51.1. The third-order valence-electron chi connectivity index (χ3n) is 19.9. The highest BCUT2D eigenvalue weighted by atomic mass is 16.8. The van der Waals surface area contributed by atoms with Gasteiger partial charge in [-0.1, -0.05) is 0 Å². The maximum Gasteiger partial charge on any atom is 0.217 e. The van der Waals surface area contributed by atoms with Crippen LogP contribution in [0.25, 0.3) is 0 Å². The molecule has 626 valence electrons. The fourth-order valence-corrected chi connectivity index (χ4v) is 14.0. The highest BCUT2D eigenvalue weighted by Gasteiger charge is 2.61. The Balaban J connectivity index is 0.995. The molecule has 0 aromatic rings. The number of aliphatic hydroxyl groups excluding tert-OH is 25. The first kappa shape index (κ1) is 88.7. The molecule has 0 aromatic heterocycles. The lowest BCUT2D eigenvalue weighted by Crippen LogP contribution is -2.71. The molecule has 28 N–H and O–H groups in total. The molecule has 9 heterocycles. The highest BCUT2D eigenvalue weighted by Crippen LogP contribution is 2.40. The topological polar surface area (TPSA) is 750 Å². The van der Waals surface area contributed by atoms with Crippen molar-refractivity contribution >= 4 is 17.7 Å². The lowest BCUT2D eigenvalue weighted by atomic mass is 9.93. The predicted octanol–water partition coefficient (Wildman–Crippen LogP) is -19.2. The van der Waals surface area contributed by atoms with Gasteiger partial charge >= 0.3 is 0 Å². The number of hydrogen-bond donors (Lipinski definition) is 28. The summed E-state index contributed by atoms with van der Waals surface area (Å²) in [4.78, 5) is 39.2. The number of carbonyl (C=O) groups excluding carboxylic acids is 3. The van der Waals surface area contributed by atoms with Gasteiger partial charge in [0.05, 0.1) is 59.0 Å². The van der Waals surface area contributed by atoms with Crippen molar-refractivity contribution in [3.8, 4) is 0 Å². The first-order valence-electron chi connectivity index (χ1n) is 34.5. The second kappa shape index (κ2) is 38.5. The fourth-order valence-electron chi connectivity index (χ4n) is 14.0. The van der Waals surface area contributed by atoms with Crippen LogP contribution in [0.3, 0.4) is 0 Å². The number of carbonyl (C=O) groups is 3. The molecule has 9 aliphatic rings. The minimum Gasteiger partial charge on any atom is -0.394 e. The Kier molecular flexibility index (Phi) is 31.6. The maximum absolute atomic E-state index is 13.4. The highest BCUT2D eigenvalue weighted by molar-refractivity contribution is 5.74. The summed E-state index contributed by atoms with van der Waals surface area (Å²) in [5.74, 6) is -2.81. The number of amides is 3. The van der Waals surface area contributed by atoms with Gasteiger partial charge in [0.15, 0.2) is 56.6 Å². The Morgan fingerprint density at radius 3 is 1.03 bits per heavy atom. The van der Waals surface area contributed by atoms with Crippen molar-refractivity contribution < 1.29 is 223 Å². The minimum atomic E-state index is -2.44. The summed E-state index contributed by atoms with van der Waals surface area (Å²) in [5, 5.41) is 282. The zero-order chi connectivity index (χ0) is 79.5. The molecule has 0 bridgehead atoms. The quantitative estimate of drug-likeness (QED) is 0.0363. The summed E-state index contributed by atoms with van der Waals surface area (Å²) >= 11 is 0. The van der Waals surface area contributed by atoms with Crippen LogP contribution < -0.4 is 16.0 Å². The van der Waals surface area contributed by atoms with Gasteiger partial charge in [0.2, 0.25) is 17.7 Å². The van der Waals surface area contributed by atoms with Crippen LogP contribution in [0, 0.1) is 0 Å². The molecule has 3 amide bonds. The molecule has 0 radical (unpaired) electrons. The molecule has 48 heteroatoms. The average Bonchev–Trinajstić information content (AvgIpc) is 0.767. The third-order valence-corrected chi connectivity index (χ3v) is 19.9. The Morgan fingerprint density at radius 2 is 0.565 bits per heavy atom. The molecule has 0 aromatic carbocycles. The van der Waals surface area contributed by atoms with Gasteiger partial charge in [-0.25, -0.2) is 0 Å². The van der Waals surface area contributed by atoms with Crippen molar-refractivity contribution in [1.29, 1.82) is 0 Å². The molecule has 9 saturated heterocycles. The van der Waals surface area contributed by atoms with Crippen LogP contribution in [-0.2, 0) is 94.9 Å². The monoisotopic (exact) mass is 1580 g/mol. The molecule has 9 rings (SSSR count). The van der Waals surface area contributed by atoms with Gasteiger partial charge in [0.25, 0.3) is 0 Å². The predicted molar refractivity (Wildman–Crippen MR) is 330 cm³/mol. The second-order valence-electron chi connectivity index (χ2n) is 27.4. The Bertz CT molecular complexity index is 2820. The zero-order valence-electron chi connectivity index (χ0n) is 58.0. The summed E-state index contributed by atoms with van der Waals surface area (Å²) in [6, 6.07) is -5.70. The zero-order valence-corrected chi connectivity index (χ0v) is 58.0. The van der Waals surface area contributed by atoms with Gasteiger partial charge < -0.3 is 224 Å². The van der Waals surface area contributed by atoms with E-state index >= 15 is 0 Å². The van der Waals surface area contributed by atoms with Crippen molar-refractivity contribution in [2.24, 2.45) is 0 Å². The van der Waals surface area contributed by atoms with E-state index in [1.165, 1.54) is 6.92 Å². The van der Waals surface area contributed by atoms with E-state index in [9.17, 15) is 142 Å². The molecular weight excluding hydrogens is 1480 g/mol. The van der Waals surface area contributed by atoms with Crippen LogP contribution in [0.2, 0.25) is 0 Å². The lowest BCUT2D eigenvalue weighted by Gasteiger charge is -2.52. The molecular formula is C60H101N3O45. The van der Waals surface area contributed by atoms with E-state index in [4.69, 9.17) is 80.5 Å². The largest absolute Gasteiger partial charge is 0.394 e. The Hall–Kier alpha value is -3.27. The molecule has 108 heavy (non-hydrogen) atoms. The van der Waals surface area contributed by atoms with Crippen LogP contribution >= 0.6 is 0 Å². The minimum absolute atomic E-state index is 0.890. The van der Waals surface area contributed by atoms with Crippen molar-refractivity contribution in [2.75, 3.05) is 52.9 Å². The van der Waals surface area contributed by atoms with E-state index in [-0.39, 0.29) is 0 Å². The Labute approximate surface area is 611 Å². The van der Waals surface area contributed by atoms with E-state index in [0.717, 1.165) is 20.8 Å². The Morgan fingerprint density at radius 1 is 0.259 bits per heavy atom. The van der Waals surface area contributed by atoms with Crippen molar-refractivity contribution in [3.63, 3.8) is 0 Å². The van der Waals surface area contributed by atoms with E-state index in [2.05, 4.69) is 16.0 Å². The third kappa shape index (κ3) is 19.1. The van der Waals surface area contributed by atoms with Crippen LogP contribution in [0.5, 0.6) is 0 Å². The molecule has 48 nitrogen and oxygen atoms in total. The molecule has 45 atom stereocenters. The summed E-state index contributed by atoms with van der Waals surface area (Å²) in [6.45, 7) is -4.49. The standard InChI is InChI=1S/C60H101N3O45/c1-13-28(74)35(81)40(86)56(93-13)106-49-27(63-16(4)73)55(100-23(11-70)47(49)104-57-41(87)36(82)29(75)17(5-64)96-57)108-51-33(79)24(101-60(44(51)90)103-46-21(9-68)94-52(91)39(85)38(46)84)12-92-53-25(61-14(2)71)34(80)45(22(10-69)99-53)102-59-43(89)50(32(78)20(8-67)98-59)107-54-26(62-15(3)72)48(31(77)19(7-66)95-54)105-58-42(88)37(83)30(76)18(6-65)97-58/h13,17-60,64-70,74-91H,5-12H2,1-4H3,(H,61,71)(H,62,72)(H,63,73)/t13-,17+,18+,19+,20+,21+,22+,23+,24+,25+,26+,27+,28+,29-,30-,31+,32-,33-,34+,35+,36-,37-,38+,39+,40-,41+,42+,43+,44+,45+,46+,47+,48+,49+,50-,51-,52?,53+,54-,55-,56-,57-,58-,59-,60-/m0/s1. The van der Waals surface area contributed by atoms with Crippen molar-refractivity contribution in [2.45, 2.75) is 304 Å². The van der Waals surface area contributed by atoms with E-state index in [1.807, 2.05) is 0 Å². The normalized spacial score (nSPS) is 50.4. The van der Waals surface area contributed by atoms with Gasteiger partial charge in [0.1, 0.15) is 213 Å². The first-order valence-corrected chi connectivity index (χ1v) is 34.5. The molecule has 0 aliphatic carbocycles. The summed E-state index contributed by atoms with van der Waals surface area (Å²) in [7, 11) is 0. The van der Waals surface area contributed by atoms with E-state index < -0.39 is 347 Å². The summed E-state index contributed by atoms with van der Waals surface area (Å²) in [6.07, 6.45) is -85.1. The smallest absolute Gasteiger partial charge is 0.217 e. The summed E-state index contributed by atoms with van der Waals surface area (Å²) in [5.41, 5.74) is 0. The van der Waals surface area contributed by atoms with Crippen LogP contribution in [-0.4, -0.2) is 474 Å². The average molecular weight is 1580 g/mol. The molecule has 0 saturated carbocycles. The van der Waals surface area contributed by atoms with Gasteiger partial charge in [0, 0.05) is 20.8 Å². The second-order valence-corrected chi connectivity index (χ2v) is 27.4. The SMILES string of the molecule is CC(=O)N[C@H]1[C@H](OC[C@H]2O[C@@H](O[C@H]3[C@H](O)[C@@H](O)C(O)O[C@@H]3CO)[C@H](O)[C@@H](O[C@@H]3O[C@H](CO)[C@@H](O[C@@H]4O[C@H](CO)[C@H](O)[C@H](O)[C@H]4O)[C@H](O[C@@H]4O[C@@H](C)[C@@H](O)[C@@H](O)[C@@H]4O)[C@H]3NC(C)=O)[C@H]2O)O[C@H](CO)[C@@H](O[C@@H]2O[C@H](CO)[C@H](O)[C@H](O[C@@H]3O[C@H](CO)[C@@H](O)[C@H](O[C@@H]4O[C@H](CO)[C@H](O)[C@H](O)[C@H]4O)[C@H]3NC(C)=O)[C@H]2O)[C@@H]1O. The maximum atomic E-state index is 13.4. The number of ether oxygens (including phenoxy) is 17. The van der Waals surface area contributed by atoms with Crippen LogP contribution in [0.15, 0.2) is 0 Å². The fraction of sp³-hybridized carbons (Fsp3) is 0.950. The molecule has 1 unspecified atom stereocenters. The molecule has 9 fully saturated rings. The van der Waals surface area contributed by atoms with Gasteiger partial charge in [-0.15, -0.1) is 0 Å². The van der Waals surface area contributed by atoms with E-state index in [1.54, 1.807) is 0 Å².